The van der Waals surface area contributed by atoms with Gasteiger partial charge in [0.05, 0.1) is 5.92 Å². The zero-order chi connectivity index (χ0) is 24.5. The molecule has 2 amide bonds. The molecule has 180 valence electrons. The highest BCUT2D eigenvalue weighted by molar-refractivity contribution is 5.81. The first-order valence-corrected chi connectivity index (χ1v) is 11.8. The van der Waals surface area contributed by atoms with Crippen LogP contribution in [0.1, 0.15) is 50.7 Å². The van der Waals surface area contributed by atoms with Crippen LogP contribution in [0.25, 0.3) is 11.1 Å². The Morgan fingerprint density at radius 3 is 2.24 bits per heavy atom. The van der Waals surface area contributed by atoms with Crippen LogP contribution < -0.4 is 5.32 Å². The summed E-state index contributed by atoms with van der Waals surface area (Å²) in [7, 11) is 0. The van der Waals surface area contributed by atoms with Gasteiger partial charge in [-0.3, -0.25) is 9.59 Å². The van der Waals surface area contributed by atoms with Gasteiger partial charge in [-0.15, -0.1) is 0 Å². The number of amides is 2. The number of likely N-dealkylation sites (tertiary alicyclic amines) is 1. The fraction of sp³-hybridized carbons (Fsp3) is 0.444. The van der Waals surface area contributed by atoms with E-state index in [1.165, 1.54) is 0 Å². The van der Waals surface area contributed by atoms with Gasteiger partial charge in [0.15, 0.2) is 0 Å². The lowest BCUT2D eigenvalue weighted by Gasteiger charge is -2.36. The minimum absolute atomic E-state index is 0.0357. The molecule has 0 aromatic heterocycles. The van der Waals surface area contributed by atoms with Crippen molar-refractivity contribution in [1.82, 2.24) is 10.2 Å². The van der Waals surface area contributed by atoms with Crippen LogP contribution in [-0.4, -0.2) is 53.2 Å². The van der Waals surface area contributed by atoms with Crippen molar-refractivity contribution in [3.05, 3.63) is 59.7 Å². The van der Waals surface area contributed by atoms with Crippen molar-refractivity contribution in [2.45, 2.75) is 45.1 Å². The highest BCUT2D eigenvalue weighted by atomic mass is 16.5. The minimum atomic E-state index is -0.874. The molecule has 1 fully saturated rings. The normalized spacial score (nSPS) is 19.8. The van der Waals surface area contributed by atoms with E-state index in [1.54, 1.807) is 18.7 Å². The molecule has 1 aliphatic carbocycles. The van der Waals surface area contributed by atoms with E-state index in [-0.39, 0.29) is 37.3 Å². The second-order valence-corrected chi connectivity index (χ2v) is 10.1. The van der Waals surface area contributed by atoms with Crippen LogP contribution in [-0.2, 0) is 14.3 Å². The SMILES string of the molecule is CC1CCN(C(=O)CC(C)(C)NC(=O)OCC2c3ccccc3-c3ccccc32)CC1C(=O)O. The first-order valence-electron chi connectivity index (χ1n) is 11.8. The van der Waals surface area contributed by atoms with E-state index in [0.29, 0.717) is 13.0 Å². The number of benzene rings is 2. The highest BCUT2D eigenvalue weighted by Crippen LogP contribution is 2.44. The fourth-order valence-electron chi connectivity index (χ4n) is 5.06. The second kappa shape index (κ2) is 9.49. The predicted octanol–water partition coefficient (Wildman–Crippen LogP) is 4.26. The van der Waals surface area contributed by atoms with E-state index in [0.717, 1.165) is 22.3 Å². The van der Waals surface area contributed by atoms with E-state index in [2.05, 4.69) is 29.6 Å². The van der Waals surface area contributed by atoms with Crippen LogP contribution in [0.5, 0.6) is 0 Å². The van der Waals surface area contributed by atoms with Crippen molar-refractivity contribution in [3.63, 3.8) is 0 Å². The van der Waals surface area contributed by atoms with Gasteiger partial charge in [0.25, 0.3) is 0 Å². The third kappa shape index (κ3) is 4.93. The maximum Gasteiger partial charge on any atom is 0.407 e. The summed E-state index contributed by atoms with van der Waals surface area (Å²) in [5.74, 6) is -1.60. The smallest absolute Gasteiger partial charge is 0.407 e. The Bertz CT molecular complexity index is 1050. The molecule has 34 heavy (non-hydrogen) atoms. The van der Waals surface area contributed by atoms with Crippen LogP contribution in [0.3, 0.4) is 0 Å². The van der Waals surface area contributed by atoms with E-state index < -0.39 is 23.5 Å². The van der Waals surface area contributed by atoms with Gasteiger partial charge in [-0.25, -0.2) is 4.79 Å². The minimum Gasteiger partial charge on any atom is -0.481 e. The number of carboxylic acid groups (broad SMARTS) is 1. The molecule has 7 heteroatoms. The number of piperidine rings is 1. The van der Waals surface area contributed by atoms with Crippen molar-refractivity contribution < 1.29 is 24.2 Å². The monoisotopic (exact) mass is 464 g/mol. The Morgan fingerprint density at radius 2 is 1.65 bits per heavy atom. The number of fused-ring (bicyclic) bond motifs is 3. The Balaban J connectivity index is 1.34. The summed E-state index contributed by atoms with van der Waals surface area (Å²) >= 11 is 0. The zero-order valence-electron chi connectivity index (χ0n) is 19.9. The molecule has 1 saturated heterocycles. The van der Waals surface area contributed by atoms with Gasteiger partial charge in [0.2, 0.25) is 5.91 Å². The Hall–Kier alpha value is -3.35. The molecule has 1 heterocycles. The molecule has 4 rings (SSSR count). The van der Waals surface area contributed by atoms with Crippen LogP contribution in [0.2, 0.25) is 0 Å². The van der Waals surface area contributed by atoms with E-state index in [4.69, 9.17) is 4.74 Å². The maximum atomic E-state index is 12.9. The molecule has 2 aromatic carbocycles. The van der Waals surface area contributed by atoms with Crippen LogP contribution in [0.15, 0.2) is 48.5 Å². The third-order valence-electron chi connectivity index (χ3n) is 7.01. The second-order valence-electron chi connectivity index (χ2n) is 10.1. The lowest BCUT2D eigenvalue weighted by molar-refractivity contribution is -0.148. The van der Waals surface area contributed by atoms with Gasteiger partial charge in [0.1, 0.15) is 6.61 Å². The lowest BCUT2D eigenvalue weighted by atomic mass is 9.86. The first kappa shape index (κ1) is 23.8. The number of hydrogen-bond acceptors (Lipinski definition) is 4. The van der Waals surface area contributed by atoms with Crippen molar-refractivity contribution in [2.75, 3.05) is 19.7 Å². The van der Waals surface area contributed by atoms with E-state index >= 15 is 0 Å². The highest BCUT2D eigenvalue weighted by Gasteiger charge is 2.36. The van der Waals surface area contributed by atoms with Gasteiger partial charge in [-0.05, 0) is 48.4 Å². The average Bonchev–Trinajstić information content (AvgIpc) is 3.11. The van der Waals surface area contributed by atoms with Crippen molar-refractivity contribution in [1.29, 1.82) is 0 Å². The van der Waals surface area contributed by atoms with Gasteiger partial charge < -0.3 is 20.1 Å². The van der Waals surface area contributed by atoms with Crippen molar-refractivity contribution in [2.24, 2.45) is 11.8 Å². The van der Waals surface area contributed by atoms with Crippen LogP contribution >= 0.6 is 0 Å². The van der Waals surface area contributed by atoms with Gasteiger partial charge in [0, 0.05) is 31.0 Å². The van der Waals surface area contributed by atoms with Gasteiger partial charge in [-0.2, -0.15) is 0 Å². The summed E-state index contributed by atoms with van der Waals surface area (Å²) in [4.78, 5) is 38.6. The number of rotatable bonds is 6. The molecule has 2 N–H and O–H groups in total. The Kier molecular flexibility index (Phi) is 6.64. The van der Waals surface area contributed by atoms with Gasteiger partial charge in [-0.1, -0.05) is 55.5 Å². The molecule has 0 radical (unpaired) electrons. The Labute approximate surface area is 200 Å². The quantitative estimate of drug-likeness (QED) is 0.666. The summed E-state index contributed by atoms with van der Waals surface area (Å²) in [6.45, 7) is 6.39. The van der Waals surface area contributed by atoms with E-state index in [1.807, 2.05) is 31.2 Å². The summed E-state index contributed by atoms with van der Waals surface area (Å²) in [5, 5.41) is 12.2. The summed E-state index contributed by atoms with van der Waals surface area (Å²) < 4.78 is 5.61. The number of nitrogens with one attached hydrogen (secondary N) is 1. The number of ether oxygens (including phenoxy) is 1. The molecule has 0 spiro atoms. The third-order valence-corrected chi connectivity index (χ3v) is 7.01. The summed E-state index contributed by atoms with van der Waals surface area (Å²) in [5.41, 5.74) is 3.76. The molecule has 0 saturated carbocycles. The summed E-state index contributed by atoms with van der Waals surface area (Å²) in [6.07, 6.45) is 0.149. The average molecular weight is 465 g/mol. The molecule has 0 bridgehead atoms. The molecule has 2 atom stereocenters. The molecule has 1 aliphatic heterocycles. The standard InChI is InChI=1S/C27H32N2O5/c1-17-12-13-29(15-22(17)25(31)32)24(30)14-27(2,3)28-26(33)34-16-23-20-10-6-4-8-18(20)19-9-5-7-11-21(19)23/h4-11,17,22-23H,12-16H2,1-3H3,(H,28,33)(H,31,32). The maximum absolute atomic E-state index is 12.9. The van der Waals surface area contributed by atoms with E-state index in [9.17, 15) is 19.5 Å². The lowest BCUT2D eigenvalue weighted by Crippen LogP contribution is -2.51. The molecular formula is C27H32N2O5. The summed E-state index contributed by atoms with van der Waals surface area (Å²) in [6, 6.07) is 16.3. The number of carboxylic acids is 1. The first-order chi connectivity index (χ1) is 16.2. The van der Waals surface area contributed by atoms with Crippen molar-refractivity contribution >= 4 is 18.0 Å². The number of hydrogen-bond donors (Lipinski definition) is 2. The fourth-order valence-corrected chi connectivity index (χ4v) is 5.06. The number of carbonyl (C=O) groups is 3. The predicted molar refractivity (Wildman–Crippen MR) is 128 cm³/mol. The largest absolute Gasteiger partial charge is 0.481 e. The van der Waals surface area contributed by atoms with Crippen molar-refractivity contribution in [3.8, 4) is 11.1 Å². The number of alkyl carbamates (subject to hydrolysis) is 1. The number of carbonyl (C=O) groups excluding carboxylic acids is 2. The molecule has 2 aliphatic rings. The Morgan fingerprint density at radius 1 is 1.06 bits per heavy atom. The van der Waals surface area contributed by atoms with Gasteiger partial charge >= 0.3 is 12.1 Å². The molecule has 7 nitrogen and oxygen atoms in total. The molecular weight excluding hydrogens is 432 g/mol. The molecule has 2 aromatic rings. The van der Waals surface area contributed by atoms with Crippen LogP contribution in [0.4, 0.5) is 4.79 Å². The molecule has 2 unspecified atom stereocenters. The topological polar surface area (TPSA) is 95.9 Å². The zero-order valence-corrected chi connectivity index (χ0v) is 19.9. The number of nitrogens with zero attached hydrogens (tertiary/aromatic N) is 1. The van der Waals surface area contributed by atoms with Crippen LogP contribution in [0, 0.1) is 11.8 Å². The number of aliphatic carboxylic acids is 1.